The molecule has 0 aliphatic heterocycles. The summed E-state index contributed by atoms with van der Waals surface area (Å²) in [6, 6.07) is 3.68. The number of methoxy groups -OCH3 is 1. The Morgan fingerprint density at radius 3 is 2.61 bits per heavy atom. The predicted molar refractivity (Wildman–Crippen MR) is 66.6 cm³/mol. The molecule has 0 heterocycles. The number of carboxylic acids is 1. The number of hydrogen-bond donors (Lipinski definition) is 3. The molecular formula is C12H16N2O4. The van der Waals surface area contributed by atoms with Crippen LogP contribution in [0.3, 0.4) is 0 Å². The molecule has 0 spiro atoms. The molecule has 0 aromatic heterocycles. The summed E-state index contributed by atoms with van der Waals surface area (Å²) in [7, 11) is 1.49. The summed E-state index contributed by atoms with van der Waals surface area (Å²) in [5.41, 5.74) is 6.18. The third kappa shape index (κ3) is 3.13. The van der Waals surface area contributed by atoms with Crippen molar-refractivity contribution >= 4 is 17.6 Å². The maximum absolute atomic E-state index is 11.8. The zero-order valence-electron chi connectivity index (χ0n) is 10.3. The first kappa shape index (κ1) is 13.8. The Morgan fingerprint density at radius 2 is 2.17 bits per heavy atom. The zero-order valence-corrected chi connectivity index (χ0v) is 10.3. The third-order valence-corrected chi connectivity index (χ3v) is 2.52. The molecule has 0 bridgehead atoms. The predicted octanol–water partition coefficient (Wildman–Crippen LogP) is 0.870. The van der Waals surface area contributed by atoms with Crippen molar-refractivity contribution in [3.63, 3.8) is 0 Å². The van der Waals surface area contributed by atoms with E-state index in [1.165, 1.54) is 19.2 Å². The highest BCUT2D eigenvalue weighted by atomic mass is 16.5. The number of carboxylic acid groups (broad SMARTS) is 1. The quantitative estimate of drug-likeness (QED) is 0.675. The van der Waals surface area contributed by atoms with Crippen LogP contribution in [0.4, 0.5) is 5.69 Å². The molecule has 0 aliphatic rings. The highest BCUT2D eigenvalue weighted by Crippen LogP contribution is 2.19. The fourth-order valence-corrected chi connectivity index (χ4v) is 1.45. The van der Waals surface area contributed by atoms with E-state index < -0.39 is 17.9 Å². The van der Waals surface area contributed by atoms with Gasteiger partial charge < -0.3 is 20.9 Å². The SMILES string of the molecule is CC[C@H](NC(=O)c1ccc(OC)cc1N)C(=O)O. The number of hydrogen-bond acceptors (Lipinski definition) is 4. The average molecular weight is 252 g/mol. The number of ether oxygens (including phenoxy) is 1. The molecule has 0 fully saturated rings. The normalized spacial score (nSPS) is 11.7. The summed E-state index contributed by atoms with van der Waals surface area (Å²) in [4.78, 5) is 22.7. The lowest BCUT2D eigenvalue weighted by Gasteiger charge is -2.13. The van der Waals surface area contributed by atoms with E-state index >= 15 is 0 Å². The van der Waals surface area contributed by atoms with E-state index in [9.17, 15) is 9.59 Å². The lowest BCUT2D eigenvalue weighted by Crippen LogP contribution is -2.40. The van der Waals surface area contributed by atoms with Gasteiger partial charge >= 0.3 is 5.97 Å². The molecule has 1 atom stereocenters. The fourth-order valence-electron chi connectivity index (χ4n) is 1.45. The van der Waals surface area contributed by atoms with E-state index in [1.54, 1.807) is 13.0 Å². The third-order valence-electron chi connectivity index (χ3n) is 2.52. The topological polar surface area (TPSA) is 102 Å². The van der Waals surface area contributed by atoms with Crippen molar-refractivity contribution in [3.8, 4) is 5.75 Å². The van der Waals surface area contributed by atoms with Crippen molar-refractivity contribution in [2.75, 3.05) is 12.8 Å². The van der Waals surface area contributed by atoms with Crippen LogP contribution < -0.4 is 15.8 Å². The van der Waals surface area contributed by atoms with Crippen molar-refractivity contribution in [1.82, 2.24) is 5.32 Å². The van der Waals surface area contributed by atoms with E-state index in [-0.39, 0.29) is 11.3 Å². The minimum atomic E-state index is -1.07. The Kier molecular flexibility index (Phi) is 4.53. The standard InChI is InChI=1S/C12H16N2O4/c1-3-10(12(16)17)14-11(15)8-5-4-7(18-2)6-9(8)13/h4-6,10H,3,13H2,1-2H3,(H,14,15)(H,16,17)/t10-/m0/s1. The van der Waals surface area contributed by atoms with Crippen LogP contribution in [-0.2, 0) is 4.79 Å². The second-order valence-electron chi connectivity index (χ2n) is 3.73. The number of amides is 1. The molecule has 4 N–H and O–H groups in total. The number of anilines is 1. The maximum atomic E-state index is 11.8. The van der Waals surface area contributed by atoms with Crippen molar-refractivity contribution < 1.29 is 19.4 Å². The molecule has 0 unspecified atom stereocenters. The minimum Gasteiger partial charge on any atom is -0.497 e. The van der Waals surface area contributed by atoms with Gasteiger partial charge in [0.15, 0.2) is 0 Å². The molecule has 6 nitrogen and oxygen atoms in total. The van der Waals surface area contributed by atoms with Crippen LogP contribution >= 0.6 is 0 Å². The molecule has 6 heteroatoms. The molecule has 18 heavy (non-hydrogen) atoms. The van der Waals surface area contributed by atoms with Crippen LogP contribution in [-0.4, -0.2) is 30.1 Å². The second kappa shape index (κ2) is 5.90. The van der Waals surface area contributed by atoms with Crippen LogP contribution in [0.15, 0.2) is 18.2 Å². The van der Waals surface area contributed by atoms with Crippen LogP contribution in [0.25, 0.3) is 0 Å². The number of nitrogens with two attached hydrogens (primary N) is 1. The van der Waals surface area contributed by atoms with E-state index in [4.69, 9.17) is 15.6 Å². The Labute approximate surface area is 105 Å². The average Bonchev–Trinajstić information content (AvgIpc) is 2.34. The molecule has 0 radical (unpaired) electrons. The fraction of sp³-hybridized carbons (Fsp3) is 0.333. The van der Waals surface area contributed by atoms with Gasteiger partial charge in [-0.1, -0.05) is 6.92 Å². The summed E-state index contributed by atoms with van der Waals surface area (Å²) in [6.07, 6.45) is 0.303. The first-order valence-electron chi connectivity index (χ1n) is 5.46. The van der Waals surface area contributed by atoms with Crippen LogP contribution in [0.5, 0.6) is 5.75 Å². The van der Waals surface area contributed by atoms with E-state index in [1.807, 2.05) is 0 Å². The summed E-state index contributed by atoms with van der Waals surface area (Å²) >= 11 is 0. The lowest BCUT2D eigenvalue weighted by atomic mass is 10.1. The van der Waals surface area contributed by atoms with Gasteiger partial charge in [-0.3, -0.25) is 4.79 Å². The van der Waals surface area contributed by atoms with Gasteiger partial charge in [0, 0.05) is 11.8 Å². The summed E-state index contributed by atoms with van der Waals surface area (Å²) < 4.78 is 4.96. The molecular weight excluding hydrogens is 236 g/mol. The van der Waals surface area contributed by atoms with Gasteiger partial charge in [0.1, 0.15) is 11.8 Å². The number of nitrogen functional groups attached to an aromatic ring is 1. The van der Waals surface area contributed by atoms with E-state index in [0.717, 1.165) is 0 Å². The van der Waals surface area contributed by atoms with Gasteiger partial charge in [0.2, 0.25) is 0 Å². The van der Waals surface area contributed by atoms with Gasteiger partial charge in [0.25, 0.3) is 5.91 Å². The summed E-state index contributed by atoms with van der Waals surface area (Å²) in [5, 5.41) is 11.3. The van der Waals surface area contributed by atoms with Crippen molar-refractivity contribution in [3.05, 3.63) is 23.8 Å². The number of benzene rings is 1. The molecule has 1 aromatic carbocycles. The first-order valence-corrected chi connectivity index (χ1v) is 5.46. The smallest absolute Gasteiger partial charge is 0.326 e. The number of rotatable bonds is 5. The first-order chi connectivity index (χ1) is 8.49. The van der Waals surface area contributed by atoms with Crippen LogP contribution in [0, 0.1) is 0 Å². The molecule has 0 saturated carbocycles. The number of aliphatic carboxylic acids is 1. The highest BCUT2D eigenvalue weighted by Gasteiger charge is 2.19. The lowest BCUT2D eigenvalue weighted by molar-refractivity contribution is -0.139. The zero-order chi connectivity index (χ0) is 13.7. The van der Waals surface area contributed by atoms with Crippen molar-refractivity contribution in [2.24, 2.45) is 0 Å². The maximum Gasteiger partial charge on any atom is 0.326 e. The van der Waals surface area contributed by atoms with E-state index in [2.05, 4.69) is 5.32 Å². The number of carbonyl (C=O) groups excluding carboxylic acids is 1. The van der Waals surface area contributed by atoms with Crippen LogP contribution in [0.1, 0.15) is 23.7 Å². The molecule has 98 valence electrons. The molecule has 1 amide bonds. The second-order valence-corrected chi connectivity index (χ2v) is 3.73. The van der Waals surface area contributed by atoms with Crippen molar-refractivity contribution in [1.29, 1.82) is 0 Å². The Hall–Kier alpha value is -2.24. The Balaban J connectivity index is 2.87. The number of carbonyl (C=O) groups is 2. The van der Waals surface area contributed by atoms with Crippen LogP contribution in [0.2, 0.25) is 0 Å². The van der Waals surface area contributed by atoms with Gasteiger partial charge in [-0.2, -0.15) is 0 Å². The van der Waals surface area contributed by atoms with Gasteiger partial charge in [-0.05, 0) is 18.6 Å². The summed E-state index contributed by atoms with van der Waals surface area (Å²) in [5.74, 6) is -1.04. The Bertz CT molecular complexity index is 459. The summed E-state index contributed by atoms with van der Waals surface area (Å²) in [6.45, 7) is 1.68. The van der Waals surface area contributed by atoms with Gasteiger partial charge in [-0.25, -0.2) is 4.79 Å². The molecule has 0 saturated heterocycles. The van der Waals surface area contributed by atoms with E-state index in [0.29, 0.717) is 12.2 Å². The molecule has 1 aromatic rings. The van der Waals surface area contributed by atoms with Crippen molar-refractivity contribution in [2.45, 2.75) is 19.4 Å². The molecule has 0 aliphatic carbocycles. The van der Waals surface area contributed by atoms with Gasteiger partial charge in [0.05, 0.1) is 12.7 Å². The minimum absolute atomic E-state index is 0.232. The largest absolute Gasteiger partial charge is 0.497 e. The highest BCUT2D eigenvalue weighted by molar-refractivity contribution is 6.01. The molecule has 1 rings (SSSR count). The monoisotopic (exact) mass is 252 g/mol. The van der Waals surface area contributed by atoms with Gasteiger partial charge in [-0.15, -0.1) is 0 Å². The number of nitrogens with one attached hydrogen (secondary N) is 1. The Morgan fingerprint density at radius 1 is 1.50 bits per heavy atom.